The SMILES string of the molecule is CC(=O)NCCN1CCN(CC2CCOCC2)CC1. The van der Waals surface area contributed by atoms with Crippen molar-refractivity contribution in [3.05, 3.63) is 0 Å². The molecule has 0 aromatic heterocycles. The number of hydrogen-bond donors (Lipinski definition) is 1. The van der Waals surface area contributed by atoms with E-state index in [1.54, 1.807) is 6.92 Å². The van der Waals surface area contributed by atoms with Gasteiger partial charge in [-0.2, -0.15) is 0 Å². The molecule has 0 bridgehead atoms. The molecule has 0 aromatic rings. The molecule has 2 saturated heterocycles. The minimum Gasteiger partial charge on any atom is -0.381 e. The molecule has 2 heterocycles. The summed E-state index contributed by atoms with van der Waals surface area (Å²) in [4.78, 5) is 15.8. The van der Waals surface area contributed by atoms with Crippen LogP contribution in [0, 0.1) is 5.92 Å². The molecule has 1 N–H and O–H groups in total. The Hall–Kier alpha value is -0.650. The average Bonchev–Trinajstić information content (AvgIpc) is 2.42. The largest absolute Gasteiger partial charge is 0.381 e. The third kappa shape index (κ3) is 5.47. The van der Waals surface area contributed by atoms with Crippen LogP contribution in [0.4, 0.5) is 0 Å². The molecule has 0 aliphatic carbocycles. The monoisotopic (exact) mass is 269 g/mol. The van der Waals surface area contributed by atoms with E-state index in [9.17, 15) is 4.79 Å². The summed E-state index contributed by atoms with van der Waals surface area (Å²) in [5, 5.41) is 2.86. The Morgan fingerprint density at radius 3 is 2.42 bits per heavy atom. The standard InChI is InChI=1S/C14H27N3O2/c1-13(18)15-4-5-16-6-8-17(9-7-16)12-14-2-10-19-11-3-14/h14H,2-12H2,1H3,(H,15,18). The van der Waals surface area contributed by atoms with Gasteiger partial charge in [-0.25, -0.2) is 0 Å². The molecular formula is C14H27N3O2. The van der Waals surface area contributed by atoms with Crippen LogP contribution in [-0.2, 0) is 9.53 Å². The second-order valence-electron chi connectivity index (χ2n) is 5.68. The Morgan fingerprint density at radius 1 is 1.16 bits per heavy atom. The number of nitrogens with one attached hydrogen (secondary N) is 1. The molecule has 19 heavy (non-hydrogen) atoms. The molecule has 0 saturated carbocycles. The predicted octanol–water partition coefficient (Wildman–Crippen LogP) is 0.167. The number of rotatable bonds is 5. The van der Waals surface area contributed by atoms with Crippen LogP contribution < -0.4 is 5.32 Å². The van der Waals surface area contributed by atoms with Gasteiger partial charge in [0.2, 0.25) is 5.91 Å². The van der Waals surface area contributed by atoms with Crippen LogP contribution in [0.2, 0.25) is 0 Å². The maximum absolute atomic E-state index is 10.8. The van der Waals surface area contributed by atoms with Gasteiger partial charge in [-0.1, -0.05) is 0 Å². The van der Waals surface area contributed by atoms with E-state index in [4.69, 9.17) is 4.74 Å². The molecular weight excluding hydrogens is 242 g/mol. The van der Waals surface area contributed by atoms with Crippen LogP contribution in [0.3, 0.4) is 0 Å². The molecule has 2 rings (SSSR count). The van der Waals surface area contributed by atoms with Gasteiger partial charge in [0.15, 0.2) is 0 Å². The summed E-state index contributed by atoms with van der Waals surface area (Å²) in [5.41, 5.74) is 0. The van der Waals surface area contributed by atoms with Gasteiger partial charge in [-0.3, -0.25) is 9.69 Å². The Morgan fingerprint density at radius 2 is 1.79 bits per heavy atom. The Labute approximate surface area is 116 Å². The minimum absolute atomic E-state index is 0.0677. The summed E-state index contributed by atoms with van der Waals surface area (Å²) >= 11 is 0. The predicted molar refractivity (Wildman–Crippen MR) is 75.1 cm³/mol. The molecule has 110 valence electrons. The molecule has 0 unspecified atom stereocenters. The lowest BCUT2D eigenvalue weighted by Gasteiger charge is -2.37. The van der Waals surface area contributed by atoms with Crippen LogP contribution in [0.25, 0.3) is 0 Å². The first-order valence-corrected chi connectivity index (χ1v) is 7.51. The highest BCUT2D eigenvalue weighted by atomic mass is 16.5. The third-order valence-electron chi connectivity index (χ3n) is 4.12. The summed E-state index contributed by atoms with van der Waals surface area (Å²) in [6, 6.07) is 0. The summed E-state index contributed by atoms with van der Waals surface area (Å²) in [5.74, 6) is 0.901. The van der Waals surface area contributed by atoms with Gasteiger partial charge in [-0.05, 0) is 18.8 Å². The maximum Gasteiger partial charge on any atom is 0.216 e. The molecule has 5 heteroatoms. The molecule has 1 amide bonds. The number of carbonyl (C=O) groups is 1. The van der Waals surface area contributed by atoms with Crippen LogP contribution in [-0.4, -0.2) is 74.7 Å². The van der Waals surface area contributed by atoms with Gasteiger partial charge < -0.3 is 15.0 Å². The lowest BCUT2D eigenvalue weighted by Crippen LogP contribution is -2.49. The number of amides is 1. The van der Waals surface area contributed by atoms with E-state index in [1.807, 2.05) is 0 Å². The number of ether oxygens (including phenoxy) is 1. The quantitative estimate of drug-likeness (QED) is 0.772. The zero-order chi connectivity index (χ0) is 13.5. The second-order valence-corrected chi connectivity index (χ2v) is 5.68. The zero-order valence-electron chi connectivity index (χ0n) is 12.1. The molecule has 2 fully saturated rings. The van der Waals surface area contributed by atoms with Crippen molar-refractivity contribution in [2.24, 2.45) is 5.92 Å². The number of piperazine rings is 1. The van der Waals surface area contributed by atoms with Crippen molar-refractivity contribution in [1.82, 2.24) is 15.1 Å². The van der Waals surface area contributed by atoms with Gasteiger partial charge >= 0.3 is 0 Å². The van der Waals surface area contributed by atoms with E-state index in [1.165, 1.54) is 19.4 Å². The van der Waals surface area contributed by atoms with Crippen LogP contribution in [0.5, 0.6) is 0 Å². The van der Waals surface area contributed by atoms with E-state index in [0.29, 0.717) is 0 Å². The van der Waals surface area contributed by atoms with Gasteiger partial charge in [-0.15, -0.1) is 0 Å². The fourth-order valence-corrected chi connectivity index (χ4v) is 2.88. The lowest BCUT2D eigenvalue weighted by atomic mass is 9.99. The molecule has 2 aliphatic heterocycles. The smallest absolute Gasteiger partial charge is 0.216 e. The molecule has 2 aliphatic rings. The lowest BCUT2D eigenvalue weighted by molar-refractivity contribution is -0.119. The highest BCUT2D eigenvalue weighted by Crippen LogP contribution is 2.16. The normalized spacial score (nSPS) is 23.4. The average molecular weight is 269 g/mol. The van der Waals surface area contributed by atoms with Crippen molar-refractivity contribution in [2.45, 2.75) is 19.8 Å². The fraction of sp³-hybridized carbons (Fsp3) is 0.929. The Kier molecular flexibility index (Phi) is 6.07. The minimum atomic E-state index is 0.0677. The summed E-state index contributed by atoms with van der Waals surface area (Å²) < 4.78 is 5.41. The van der Waals surface area contributed by atoms with Gasteiger partial charge in [0.25, 0.3) is 0 Å². The molecule has 0 spiro atoms. The van der Waals surface area contributed by atoms with Gasteiger partial charge in [0.05, 0.1) is 0 Å². The van der Waals surface area contributed by atoms with E-state index in [-0.39, 0.29) is 5.91 Å². The number of carbonyl (C=O) groups excluding carboxylic acids is 1. The molecule has 5 nitrogen and oxygen atoms in total. The first-order valence-electron chi connectivity index (χ1n) is 7.51. The van der Waals surface area contributed by atoms with E-state index < -0.39 is 0 Å². The number of nitrogens with zero attached hydrogens (tertiary/aromatic N) is 2. The molecule has 0 atom stereocenters. The maximum atomic E-state index is 10.8. The summed E-state index contributed by atoms with van der Waals surface area (Å²) in [6.45, 7) is 11.0. The van der Waals surface area contributed by atoms with Crippen molar-refractivity contribution in [3.8, 4) is 0 Å². The number of hydrogen-bond acceptors (Lipinski definition) is 4. The van der Waals surface area contributed by atoms with Crippen molar-refractivity contribution in [2.75, 3.05) is 59.0 Å². The van der Waals surface area contributed by atoms with Crippen molar-refractivity contribution in [1.29, 1.82) is 0 Å². The third-order valence-corrected chi connectivity index (χ3v) is 4.12. The van der Waals surface area contributed by atoms with E-state index in [0.717, 1.165) is 58.4 Å². The van der Waals surface area contributed by atoms with E-state index >= 15 is 0 Å². The highest BCUT2D eigenvalue weighted by molar-refractivity contribution is 5.72. The van der Waals surface area contributed by atoms with Gasteiger partial charge in [0, 0.05) is 66.0 Å². The fourth-order valence-electron chi connectivity index (χ4n) is 2.88. The highest BCUT2D eigenvalue weighted by Gasteiger charge is 2.21. The first-order chi connectivity index (χ1) is 9.24. The second kappa shape index (κ2) is 7.82. The van der Waals surface area contributed by atoms with Crippen LogP contribution in [0.1, 0.15) is 19.8 Å². The summed E-state index contributed by atoms with van der Waals surface area (Å²) in [6.07, 6.45) is 2.45. The first kappa shape index (κ1) is 14.8. The van der Waals surface area contributed by atoms with Crippen molar-refractivity contribution >= 4 is 5.91 Å². The van der Waals surface area contributed by atoms with E-state index in [2.05, 4.69) is 15.1 Å². The molecule has 0 aromatic carbocycles. The Bertz CT molecular complexity index is 272. The van der Waals surface area contributed by atoms with Crippen molar-refractivity contribution < 1.29 is 9.53 Å². The summed E-state index contributed by atoms with van der Waals surface area (Å²) in [7, 11) is 0. The topological polar surface area (TPSA) is 44.8 Å². The molecule has 0 radical (unpaired) electrons. The van der Waals surface area contributed by atoms with Gasteiger partial charge in [0.1, 0.15) is 0 Å². The zero-order valence-corrected chi connectivity index (χ0v) is 12.1. The van der Waals surface area contributed by atoms with Crippen LogP contribution >= 0.6 is 0 Å². The van der Waals surface area contributed by atoms with Crippen molar-refractivity contribution in [3.63, 3.8) is 0 Å². The van der Waals surface area contributed by atoms with Crippen LogP contribution in [0.15, 0.2) is 0 Å². The Balaban J connectivity index is 1.58.